The Balaban J connectivity index is 2.28. The number of nitrogens with zero attached hydrogens (tertiary/aromatic N) is 1. The lowest BCUT2D eigenvalue weighted by Crippen LogP contribution is -2.49. The molecule has 15 heavy (non-hydrogen) atoms. The highest BCUT2D eigenvalue weighted by molar-refractivity contribution is 6.34. The molecule has 0 spiro atoms. The van der Waals surface area contributed by atoms with Crippen LogP contribution in [0, 0.1) is 0 Å². The Labute approximate surface area is 91.8 Å². The summed E-state index contributed by atoms with van der Waals surface area (Å²) >= 11 is 5.95. The number of halogens is 1. The first-order valence-corrected chi connectivity index (χ1v) is 4.92. The maximum absolute atomic E-state index is 11.5. The molecule has 0 atom stereocenters. The summed E-state index contributed by atoms with van der Waals surface area (Å²) in [5, 5.41) is 2.75. The Morgan fingerprint density at radius 1 is 1.27 bits per heavy atom. The van der Waals surface area contributed by atoms with Crippen molar-refractivity contribution in [1.29, 1.82) is 0 Å². The number of carbonyl (C=O) groups excluding carboxylic acids is 2. The van der Waals surface area contributed by atoms with E-state index in [-0.39, 0.29) is 5.91 Å². The fourth-order valence-corrected chi connectivity index (χ4v) is 1.70. The second kappa shape index (κ2) is 3.90. The van der Waals surface area contributed by atoms with Crippen LogP contribution in [-0.4, -0.2) is 18.5 Å². The zero-order chi connectivity index (χ0) is 10.8. The molecule has 0 bridgehead atoms. The average Bonchev–Trinajstić information content (AvgIpc) is 2.20. The molecule has 1 fully saturated rings. The van der Waals surface area contributed by atoms with Crippen LogP contribution in [0.25, 0.3) is 0 Å². The molecule has 1 aliphatic rings. The molecule has 1 aromatic rings. The molecule has 0 aliphatic carbocycles. The van der Waals surface area contributed by atoms with E-state index in [1.807, 2.05) is 0 Å². The zero-order valence-corrected chi connectivity index (χ0v) is 8.62. The summed E-state index contributed by atoms with van der Waals surface area (Å²) < 4.78 is 0. The number of hydrogen-bond donors (Lipinski definition) is 1. The quantitative estimate of drug-likeness (QED) is 0.791. The van der Waals surface area contributed by atoms with Gasteiger partial charge in [0.1, 0.15) is 0 Å². The molecule has 0 saturated carbocycles. The topological polar surface area (TPSA) is 49.4 Å². The van der Waals surface area contributed by atoms with Gasteiger partial charge < -0.3 is 0 Å². The number of anilines is 1. The molecule has 5 heteroatoms. The van der Waals surface area contributed by atoms with Crippen molar-refractivity contribution in [3.63, 3.8) is 0 Å². The Bertz CT molecular complexity index is 420. The maximum atomic E-state index is 11.5. The van der Waals surface area contributed by atoms with Gasteiger partial charge in [-0.25, -0.2) is 4.79 Å². The second-order valence-corrected chi connectivity index (χ2v) is 3.61. The summed E-state index contributed by atoms with van der Waals surface area (Å²) in [5.74, 6) is -0.247. The number of rotatable bonds is 1. The molecular formula is C10H9ClN2O2. The van der Waals surface area contributed by atoms with E-state index in [1.165, 1.54) is 4.90 Å². The first-order chi connectivity index (χ1) is 7.18. The number of hydrogen-bond acceptors (Lipinski definition) is 2. The van der Waals surface area contributed by atoms with Crippen molar-refractivity contribution in [2.75, 3.05) is 11.4 Å². The molecule has 0 aromatic heterocycles. The van der Waals surface area contributed by atoms with Gasteiger partial charge in [-0.05, 0) is 12.1 Å². The van der Waals surface area contributed by atoms with E-state index in [1.54, 1.807) is 24.3 Å². The van der Waals surface area contributed by atoms with Crippen molar-refractivity contribution in [3.8, 4) is 0 Å². The summed E-state index contributed by atoms with van der Waals surface area (Å²) in [6.07, 6.45) is 0.303. The minimum absolute atomic E-state index is 0.247. The summed E-state index contributed by atoms with van der Waals surface area (Å²) in [6.45, 7) is 0.369. The Hall–Kier alpha value is -1.55. The molecule has 78 valence electrons. The van der Waals surface area contributed by atoms with Gasteiger partial charge in [0.15, 0.2) is 0 Å². The molecule has 1 N–H and O–H groups in total. The largest absolute Gasteiger partial charge is 0.328 e. The van der Waals surface area contributed by atoms with E-state index >= 15 is 0 Å². The third-order valence-corrected chi connectivity index (χ3v) is 2.52. The van der Waals surface area contributed by atoms with E-state index in [4.69, 9.17) is 11.6 Å². The fourth-order valence-electron chi connectivity index (χ4n) is 1.46. The minimum atomic E-state index is -0.417. The van der Waals surface area contributed by atoms with Crippen LogP contribution in [0.3, 0.4) is 0 Å². The summed E-state index contributed by atoms with van der Waals surface area (Å²) in [6, 6.07) is 6.63. The summed E-state index contributed by atoms with van der Waals surface area (Å²) in [4.78, 5) is 23.9. The number of benzene rings is 1. The smallest absolute Gasteiger partial charge is 0.292 e. The Kier molecular flexibility index (Phi) is 2.60. The van der Waals surface area contributed by atoms with E-state index in [0.29, 0.717) is 23.7 Å². The lowest BCUT2D eigenvalue weighted by Gasteiger charge is -2.27. The molecule has 2 rings (SSSR count). The van der Waals surface area contributed by atoms with Crippen molar-refractivity contribution in [2.45, 2.75) is 6.42 Å². The lowest BCUT2D eigenvalue weighted by molar-refractivity contribution is -0.120. The highest BCUT2D eigenvalue weighted by atomic mass is 35.5. The molecule has 4 nitrogen and oxygen atoms in total. The lowest BCUT2D eigenvalue weighted by atomic mass is 10.2. The summed E-state index contributed by atoms with van der Waals surface area (Å²) in [7, 11) is 0. The first kappa shape index (κ1) is 9.98. The van der Waals surface area contributed by atoms with Crippen molar-refractivity contribution in [3.05, 3.63) is 29.3 Å². The van der Waals surface area contributed by atoms with Gasteiger partial charge in [-0.2, -0.15) is 0 Å². The molecule has 1 saturated heterocycles. The van der Waals surface area contributed by atoms with Crippen molar-refractivity contribution in [2.24, 2.45) is 0 Å². The van der Waals surface area contributed by atoms with E-state index in [9.17, 15) is 9.59 Å². The SMILES string of the molecule is O=C1CCN(c2ccccc2Cl)C(=O)N1. The van der Waals surface area contributed by atoms with Gasteiger partial charge in [-0.1, -0.05) is 23.7 Å². The van der Waals surface area contributed by atoms with Gasteiger partial charge >= 0.3 is 6.03 Å². The minimum Gasteiger partial charge on any atom is -0.292 e. The van der Waals surface area contributed by atoms with Gasteiger partial charge in [0.2, 0.25) is 5.91 Å². The number of amides is 3. The summed E-state index contributed by atoms with van der Waals surface area (Å²) in [5.41, 5.74) is 0.629. The van der Waals surface area contributed by atoms with Crippen molar-refractivity contribution >= 4 is 29.2 Å². The van der Waals surface area contributed by atoms with Crippen LogP contribution < -0.4 is 10.2 Å². The van der Waals surface area contributed by atoms with Gasteiger partial charge in [-0.3, -0.25) is 15.0 Å². The third kappa shape index (κ3) is 1.94. The Morgan fingerprint density at radius 3 is 2.67 bits per heavy atom. The number of para-hydroxylation sites is 1. The van der Waals surface area contributed by atoms with Crippen molar-refractivity contribution in [1.82, 2.24) is 5.32 Å². The van der Waals surface area contributed by atoms with Gasteiger partial charge in [0.25, 0.3) is 0 Å². The number of urea groups is 1. The molecule has 0 radical (unpaired) electrons. The molecular weight excluding hydrogens is 216 g/mol. The molecule has 0 unspecified atom stereocenters. The molecule has 3 amide bonds. The highest BCUT2D eigenvalue weighted by Gasteiger charge is 2.25. The third-order valence-electron chi connectivity index (χ3n) is 2.20. The normalized spacial score (nSPS) is 16.5. The number of imide groups is 1. The predicted octanol–water partition coefficient (Wildman–Crippen LogP) is 1.79. The van der Waals surface area contributed by atoms with Gasteiger partial charge in [0.05, 0.1) is 10.7 Å². The molecule has 1 aromatic carbocycles. The Morgan fingerprint density at radius 2 is 2.00 bits per heavy atom. The molecule has 1 aliphatic heterocycles. The van der Waals surface area contributed by atoms with Crippen LogP contribution in [0.2, 0.25) is 5.02 Å². The van der Waals surface area contributed by atoms with Crippen LogP contribution in [0.5, 0.6) is 0 Å². The van der Waals surface area contributed by atoms with Crippen LogP contribution in [0.15, 0.2) is 24.3 Å². The predicted molar refractivity (Wildman–Crippen MR) is 57.0 cm³/mol. The van der Waals surface area contributed by atoms with E-state index < -0.39 is 6.03 Å². The van der Waals surface area contributed by atoms with Crippen LogP contribution >= 0.6 is 11.6 Å². The highest BCUT2D eigenvalue weighted by Crippen LogP contribution is 2.26. The fraction of sp³-hybridized carbons (Fsp3) is 0.200. The van der Waals surface area contributed by atoms with Gasteiger partial charge in [-0.15, -0.1) is 0 Å². The first-order valence-electron chi connectivity index (χ1n) is 4.54. The standard InChI is InChI=1S/C10H9ClN2O2/c11-7-3-1-2-4-8(7)13-6-5-9(14)12-10(13)15/h1-4H,5-6H2,(H,12,14,15). The van der Waals surface area contributed by atoms with Crippen LogP contribution in [-0.2, 0) is 4.79 Å². The number of nitrogens with one attached hydrogen (secondary N) is 1. The second-order valence-electron chi connectivity index (χ2n) is 3.21. The maximum Gasteiger partial charge on any atom is 0.328 e. The zero-order valence-electron chi connectivity index (χ0n) is 7.87. The van der Waals surface area contributed by atoms with E-state index in [0.717, 1.165) is 0 Å². The van der Waals surface area contributed by atoms with Crippen LogP contribution in [0.4, 0.5) is 10.5 Å². The number of carbonyl (C=O) groups is 2. The van der Waals surface area contributed by atoms with Crippen LogP contribution in [0.1, 0.15) is 6.42 Å². The average molecular weight is 225 g/mol. The van der Waals surface area contributed by atoms with Crippen molar-refractivity contribution < 1.29 is 9.59 Å². The molecule has 1 heterocycles. The van der Waals surface area contributed by atoms with Gasteiger partial charge in [0, 0.05) is 13.0 Å². The monoisotopic (exact) mass is 224 g/mol. The van der Waals surface area contributed by atoms with E-state index in [2.05, 4.69) is 5.32 Å².